The molecule has 0 radical (unpaired) electrons. The van der Waals surface area contributed by atoms with E-state index in [0.717, 1.165) is 10.9 Å². The number of aryl methyl sites for hydroxylation is 1. The number of hydrogen-bond acceptors (Lipinski definition) is 5. The maximum Gasteiger partial charge on any atom is 0.290 e. The van der Waals surface area contributed by atoms with Gasteiger partial charge in [-0.15, -0.1) is 0 Å². The summed E-state index contributed by atoms with van der Waals surface area (Å²) >= 11 is 0. The molecule has 1 aromatic heterocycles. The Morgan fingerprint density at radius 2 is 2.04 bits per heavy atom. The number of nitrogens with zero attached hydrogens (tertiary/aromatic N) is 2. The van der Waals surface area contributed by atoms with E-state index >= 15 is 0 Å². The molecule has 1 aliphatic rings. The molecule has 0 spiro atoms. The third-order valence-corrected chi connectivity index (χ3v) is 5.29. The summed E-state index contributed by atoms with van der Waals surface area (Å²) in [5.74, 6) is 0.565. The van der Waals surface area contributed by atoms with E-state index in [0.29, 0.717) is 37.4 Å². The maximum atomic E-state index is 13.2. The first kappa shape index (κ1) is 19.2. The molecule has 7 heteroatoms. The van der Waals surface area contributed by atoms with Gasteiger partial charge in [0.25, 0.3) is 5.91 Å². The number of methoxy groups -OCH3 is 1. The normalized spacial score (nSPS) is 19.5. The number of rotatable bonds is 5. The van der Waals surface area contributed by atoms with Gasteiger partial charge in [-0.1, -0.05) is 0 Å². The second kappa shape index (κ2) is 7.60. The van der Waals surface area contributed by atoms with Crippen LogP contribution in [0.3, 0.4) is 0 Å². The first-order valence-electron chi connectivity index (χ1n) is 9.33. The van der Waals surface area contributed by atoms with Gasteiger partial charge < -0.3 is 24.7 Å². The van der Waals surface area contributed by atoms with Crippen molar-refractivity contribution >= 4 is 22.8 Å². The molecule has 1 fully saturated rings. The molecular formula is C20H27N3O4. The molecule has 2 aromatic rings. The quantitative estimate of drug-likeness (QED) is 0.868. The van der Waals surface area contributed by atoms with E-state index in [9.17, 15) is 9.59 Å². The zero-order valence-electron chi connectivity index (χ0n) is 16.3. The van der Waals surface area contributed by atoms with Crippen molar-refractivity contribution in [1.29, 1.82) is 0 Å². The van der Waals surface area contributed by atoms with Crippen LogP contribution in [0.2, 0.25) is 0 Å². The van der Waals surface area contributed by atoms with Crippen molar-refractivity contribution in [1.82, 2.24) is 9.80 Å². The fourth-order valence-corrected chi connectivity index (χ4v) is 3.74. The SMILES string of the molecule is CCN(CC)C(=O)[C@@H]1C[C@@H](N)CN1C(=O)c1oc2cc(OC)ccc2c1C. The average molecular weight is 373 g/mol. The third-order valence-electron chi connectivity index (χ3n) is 5.29. The van der Waals surface area contributed by atoms with E-state index in [2.05, 4.69) is 0 Å². The summed E-state index contributed by atoms with van der Waals surface area (Å²) < 4.78 is 11.1. The minimum atomic E-state index is -0.547. The summed E-state index contributed by atoms with van der Waals surface area (Å²) in [5.41, 5.74) is 7.44. The van der Waals surface area contributed by atoms with Crippen LogP contribution in [0.1, 0.15) is 36.4 Å². The van der Waals surface area contributed by atoms with E-state index in [1.54, 1.807) is 23.0 Å². The molecule has 1 aliphatic heterocycles. The predicted octanol–water partition coefficient (Wildman–Crippen LogP) is 2.16. The second-order valence-corrected chi connectivity index (χ2v) is 6.90. The number of carbonyl (C=O) groups excluding carboxylic acids is 2. The maximum absolute atomic E-state index is 13.2. The Bertz CT molecular complexity index is 856. The van der Waals surface area contributed by atoms with Crippen LogP contribution in [0.25, 0.3) is 11.0 Å². The predicted molar refractivity (Wildman–Crippen MR) is 103 cm³/mol. The number of furan rings is 1. The molecule has 7 nitrogen and oxygen atoms in total. The Kier molecular flexibility index (Phi) is 5.41. The second-order valence-electron chi connectivity index (χ2n) is 6.90. The summed E-state index contributed by atoms with van der Waals surface area (Å²) in [6.45, 7) is 7.26. The summed E-state index contributed by atoms with van der Waals surface area (Å²) in [7, 11) is 1.58. The number of hydrogen-bond donors (Lipinski definition) is 1. The largest absolute Gasteiger partial charge is 0.497 e. The Morgan fingerprint density at radius 1 is 1.33 bits per heavy atom. The lowest BCUT2D eigenvalue weighted by Crippen LogP contribution is -2.47. The zero-order chi connectivity index (χ0) is 19.7. The van der Waals surface area contributed by atoms with E-state index in [4.69, 9.17) is 14.9 Å². The summed E-state index contributed by atoms with van der Waals surface area (Å²) in [6.07, 6.45) is 0.466. The first-order chi connectivity index (χ1) is 12.9. The standard InChI is InChI=1S/C20H27N3O4/c1-5-22(6-2)19(24)16-9-13(21)11-23(16)20(25)18-12(3)15-8-7-14(26-4)10-17(15)27-18/h7-8,10,13,16H,5-6,9,11,21H2,1-4H3/t13-,16+/m1/s1. The van der Waals surface area contributed by atoms with E-state index in [1.165, 1.54) is 0 Å². The number of amides is 2. The zero-order valence-corrected chi connectivity index (χ0v) is 16.3. The van der Waals surface area contributed by atoms with Gasteiger partial charge in [-0.2, -0.15) is 0 Å². The molecule has 2 atom stereocenters. The van der Waals surface area contributed by atoms with Gasteiger partial charge in [-0.05, 0) is 39.3 Å². The highest BCUT2D eigenvalue weighted by molar-refractivity contribution is 6.01. The minimum absolute atomic E-state index is 0.0586. The lowest BCUT2D eigenvalue weighted by molar-refractivity contribution is -0.134. The molecule has 1 saturated heterocycles. The number of benzene rings is 1. The van der Waals surface area contributed by atoms with Crippen LogP contribution < -0.4 is 10.5 Å². The molecule has 0 aliphatic carbocycles. The fraction of sp³-hybridized carbons (Fsp3) is 0.500. The van der Waals surface area contributed by atoms with E-state index in [1.807, 2.05) is 32.9 Å². The van der Waals surface area contributed by atoms with Crippen molar-refractivity contribution in [3.8, 4) is 5.75 Å². The Hall–Kier alpha value is -2.54. The van der Waals surface area contributed by atoms with Crippen LogP contribution in [-0.4, -0.2) is 60.4 Å². The van der Waals surface area contributed by atoms with Gasteiger partial charge in [0.2, 0.25) is 5.91 Å². The van der Waals surface area contributed by atoms with Crippen LogP contribution in [0.15, 0.2) is 22.6 Å². The summed E-state index contributed by atoms with van der Waals surface area (Å²) in [5, 5.41) is 0.856. The number of likely N-dealkylation sites (N-methyl/N-ethyl adjacent to an activating group) is 1. The highest BCUT2D eigenvalue weighted by Crippen LogP contribution is 2.31. The fourth-order valence-electron chi connectivity index (χ4n) is 3.74. The Morgan fingerprint density at radius 3 is 2.67 bits per heavy atom. The Labute approximate surface area is 159 Å². The first-order valence-corrected chi connectivity index (χ1v) is 9.33. The molecule has 0 saturated carbocycles. The molecule has 1 aromatic carbocycles. The molecule has 2 N–H and O–H groups in total. The molecule has 3 rings (SSSR count). The van der Waals surface area contributed by atoms with Crippen LogP contribution in [0.4, 0.5) is 0 Å². The monoisotopic (exact) mass is 373 g/mol. The van der Waals surface area contributed by atoms with Gasteiger partial charge >= 0.3 is 0 Å². The van der Waals surface area contributed by atoms with Gasteiger partial charge in [0.1, 0.15) is 17.4 Å². The minimum Gasteiger partial charge on any atom is -0.497 e. The molecule has 146 valence electrons. The third kappa shape index (κ3) is 3.39. The van der Waals surface area contributed by atoms with Crippen LogP contribution in [0.5, 0.6) is 5.75 Å². The van der Waals surface area contributed by atoms with Crippen molar-refractivity contribution in [2.75, 3.05) is 26.7 Å². The lowest BCUT2D eigenvalue weighted by atomic mass is 10.1. The van der Waals surface area contributed by atoms with Gasteiger partial charge in [-0.3, -0.25) is 9.59 Å². The molecule has 2 amide bonds. The summed E-state index contributed by atoms with van der Waals surface area (Å²) in [6, 6.07) is 4.70. The van der Waals surface area contributed by atoms with Crippen LogP contribution in [-0.2, 0) is 4.79 Å². The number of fused-ring (bicyclic) bond motifs is 1. The smallest absolute Gasteiger partial charge is 0.290 e. The van der Waals surface area contributed by atoms with Gasteiger partial charge in [0.05, 0.1) is 7.11 Å². The van der Waals surface area contributed by atoms with E-state index in [-0.39, 0.29) is 23.6 Å². The van der Waals surface area contributed by atoms with Crippen molar-refractivity contribution < 1.29 is 18.7 Å². The number of nitrogens with two attached hydrogens (primary N) is 1. The van der Waals surface area contributed by atoms with Crippen molar-refractivity contribution in [3.05, 3.63) is 29.5 Å². The highest BCUT2D eigenvalue weighted by atomic mass is 16.5. The van der Waals surface area contributed by atoms with Crippen LogP contribution >= 0.6 is 0 Å². The average Bonchev–Trinajstić information content (AvgIpc) is 3.22. The van der Waals surface area contributed by atoms with E-state index < -0.39 is 6.04 Å². The molecule has 0 bridgehead atoms. The lowest BCUT2D eigenvalue weighted by Gasteiger charge is -2.28. The molecule has 2 heterocycles. The molecular weight excluding hydrogens is 346 g/mol. The highest BCUT2D eigenvalue weighted by Gasteiger charge is 2.41. The van der Waals surface area contributed by atoms with Crippen molar-refractivity contribution in [2.45, 2.75) is 39.3 Å². The van der Waals surface area contributed by atoms with Crippen molar-refractivity contribution in [2.24, 2.45) is 5.73 Å². The van der Waals surface area contributed by atoms with Gasteiger partial charge in [-0.25, -0.2) is 0 Å². The number of likely N-dealkylation sites (tertiary alicyclic amines) is 1. The Balaban J connectivity index is 1.95. The molecule has 27 heavy (non-hydrogen) atoms. The van der Waals surface area contributed by atoms with Gasteiger partial charge in [0.15, 0.2) is 5.76 Å². The van der Waals surface area contributed by atoms with Crippen LogP contribution in [0, 0.1) is 6.92 Å². The number of carbonyl (C=O) groups is 2. The van der Waals surface area contributed by atoms with Gasteiger partial charge in [0, 0.05) is 42.7 Å². The summed E-state index contributed by atoms with van der Waals surface area (Å²) in [4.78, 5) is 29.4. The number of ether oxygens (including phenoxy) is 1. The van der Waals surface area contributed by atoms with Crippen molar-refractivity contribution in [3.63, 3.8) is 0 Å². The molecule has 0 unspecified atom stereocenters. The topological polar surface area (TPSA) is 89.0 Å².